The van der Waals surface area contributed by atoms with Gasteiger partial charge < -0.3 is 10.2 Å². The summed E-state index contributed by atoms with van der Waals surface area (Å²) in [5.74, 6) is -0.151. The molecule has 1 fully saturated rings. The lowest BCUT2D eigenvalue weighted by atomic mass is 9.80. The van der Waals surface area contributed by atoms with Crippen LogP contribution in [0, 0.1) is 5.92 Å². The normalized spacial score (nSPS) is 30.0. The van der Waals surface area contributed by atoms with Gasteiger partial charge >= 0.3 is 5.97 Å². The van der Waals surface area contributed by atoms with Gasteiger partial charge in [-0.3, -0.25) is 9.00 Å². The zero-order valence-electron chi connectivity index (χ0n) is 11.1. The van der Waals surface area contributed by atoms with Crippen molar-refractivity contribution in [3.63, 3.8) is 0 Å². The number of unbranched alkanes of at least 4 members (excludes halogenated alkanes) is 2. The molecular formula is C13H24O4S. The highest BCUT2D eigenvalue weighted by Crippen LogP contribution is 2.33. The van der Waals surface area contributed by atoms with Gasteiger partial charge in [0.1, 0.15) is 0 Å². The molecule has 1 aliphatic rings. The number of carboxylic acid groups (broad SMARTS) is 1. The van der Waals surface area contributed by atoms with E-state index in [0.29, 0.717) is 37.2 Å². The molecule has 2 N–H and O–H groups in total. The molecule has 0 radical (unpaired) electrons. The summed E-state index contributed by atoms with van der Waals surface area (Å²) >= 11 is 0. The molecule has 1 atom stereocenters. The first-order chi connectivity index (χ1) is 8.47. The summed E-state index contributed by atoms with van der Waals surface area (Å²) in [5, 5.41) is 19.2. The lowest BCUT2D eigenvalue weighted by molar-refractivity contribution is -0.144. The molecule has 18 heavy (non-hydrogen) atoms. The van der Waals surface area contributed by atoms with Crippen LogP contribution in [0.4, 0.5) is 0 Å². The van der Waals surface area contributed by atoms with E-state index in [9.17, 15) is 14.1 Å². The summed E-state index contributed by atoms with van der Waals surface area (Å²) in [6.45, 7) is 2.10. The molecule has 4 nitrogen and oxygen atoms in total. The van der Waals surface area contributed by atoms with Crippen LogP contribution in [0.5, 0.6) is 0 Å². The molecular weight excluding hydrogens is 252 g/mol. The van der Waals surface area contributed by atoms with Crippen molar-refractivity contribution in [2.45, 2.75) is 57.5 Å². The number of rotatable bonds is 7. The molecule has 0 amide bonds. The number of aliphatic hydroxyl groups is 1. The van der Waals surface area contributed by atoms with E-state index >= 15 is 0 Å². The quantitative estimate of drug-likeness (QED) is 0.697. The van der Waals surface area contributed by atoms with Crippen molar-refractivity contribution < 1.29 is 19.2 Å². The van der Waals surface area contributed by atoms with Crippen LogP contribution in [0.3, 0.4) is 0 Å². The molecule has 0 aliphatic heterocycles. The van der Waals surface area contributed by atoms with Crippen LogP contribution in [0.1, 0.15) is 51.9 Å². The molecule has 0 heterocycles. The van der Waals surface area contributed by atoms with Crippen molar-refractivity contribution in [1.29, 1.82) is 0 Å². The van der Waals surface area contributed by atoms with Crippen molar-refractivity contribution in [1.82, 2.24) is 0 Å². The predicted octanol–water partition coefficient (Wildman–Crippen LogP) is 1.93. The fourth-order valence-corrected chi connectivity index (χ4v) is 3.99. The molecule has 106 valence electrons. The number of carbonyl (C=O) groups is 1. The van der Waals surface area contributed by atoms with E-state index in [2.05, 4.69) is 6.92 Å². The van der Waals surface area contributed by atoms with E-state index in [1.165, 1.54) is 0 Å². The number of hydrogen-bond acceptors (Lipinski definition) is 3. The second-order valence-electron chi connectivity index (χ2n) is 5.33. The summed E-state index contributed by atoms with van der Waals surface area (Å²) in [4.78, 5) is 10.8. The lowest BCUT2D eigenvalue weighted by Gasteiger charge is -2.34. The Balaban J connectivity index is 2.33. The van der Waals surface area contributed by atoms with Gasteiger partial charge in [-0.15, -0.1) is 0 Å². The van der Waals surface area contributed by atoms with E-state index in [-0.39, 0.29) is 5.92 Å². The zero-order valence-corrected chi connectivity index (χ0v) is 11.9. The average molecular weight is 276 g/mol. The van der Waals surface area contributed by atoms with Crippen molar-refractivity contribution in [2.75, 3.05) is 11.5 Å². The second kappa shape index (κ2) is 7.24. The van der Waals surface area contributed by atoms with Gasteiger partial charge in [0, 0.05) is 16.6 Å². The maximum absolute atomic E-state index is 11.8. The maximum atomic E-state index is 11.8. The van der Waals surface area contributed by atoms with Crippen LogP contribution in [0.15, 0.2) is 0 Å². The summed E-state index contributed by atoms with van der Waals surface area (Å²) in [6.07, 6.45) is 5.03. The maximum Gasteiger partial charge on any atom is 0.306 e. The first kappa shape index (κ1) is 15.6. The first-order valence-corrected chi connectivity index (χ1v) is 8.26. The molecule has 0 aromatic heterocycles. The smallest absolute Gasteiger partial charge is 0.306 e. The van der Waals surface area contributed by atoms with Gasteiger partial charge in [-0.05, 0) is 32.1 Å². The molecule has 0 aromatic carbocycles. The summed E-state index contributed by atoms with van der Waals surface area (Å²) in [6, 6.07) is 0. The molecule has 1 aliphatic carbocycles. The van der Waals surface area contributed by atoms with Gasteiger partial charge in [-0.25, -0.2) is 0 Å². The Labute approximate surface area is 111 Å². The molecule has 0 bridgehead atoms. The van der Waals surface area contributed by atoms with E-state index in [0.717, 1.165) is 19.3 Å². The molecule has 0 aromatic rings. The van der Waals surface area contributed by atoms with E-state index < -0.39 is 22.4 Å². The van der Waals surface area contributed by atoms with Crippen LogP contribution < -0.4 is 0 Å². The van der Waals surface area contributed by atoms with Crippen LogP contribution in [-0.4, -0.2) is 37.5 Å². The van der Waals surface area contributed by atoms with E-state index in [1.54, 1.807) is 0 Å². The third-order valence-electron chi connectivity index (χ3n) is 3.67. The van der Waals surface area contributed by atoms with Crippen LogP contribution in [-0.2, 0) is 15.6 Å². The minimum Gasteiger partial charge on any atom is -0.481 e. The molecule has 5 heteroatoms. The summed E-state index contributed by atoms with van der Waals surface area (Å²) < 4.78 is 11.8. The number of carboxylic acids is 1. The number of hydrogen-bond donors (Lipinski definition) is 2. The van der Waals surface area contributed by atoms with E-state index in [1.807, 2.05) is 0 Å². The van der Waals surface area contributed by atoms with Gasteiger partial charge in [0.05, 0.1) is 17.3 Å². The first-order valence-electron chi connectivity index (χ1n) is 6.77. The molecule has 0 spiro atoms. The third kappa shape index (κ3) is 5.06. The molecule has 1 unspecified atom stereocenters. The highest BCUT2D eigenvalue weighted by Gasteiger charge is 2.36. The molecule has 1 saturated carbocycles. The summed E-state index contributed by atoms with van der Waals surface area (Å²) in [7, 11) is -0.978. The lowest BCUT2D eigenvalue weighted by Crippen LogP contribution is -2.41. The Kier molecular flexibility index (Phi) is 6.29. The molecule has 0 saturated heterocycles. The Hall–Kier alpha value is -0.420. The Bertz CT molecular complexity index is 295. The minimum atomic E-state index is -0.978. The van der Waals surface area contributed by atoms with Crippen LogP contribution >= 0.6 is 0 Å². The van der Waals surface area contributed by atoms with Gasteiger partial charge in [0.15, 0.2) is 0 Å². The highest BCUT2D eigenvalue weighted by atomic mass is 32.2. The third-order valence-corrected chi connectivity index (χ3v) is 5.27. The Morgan fingerprint density at radius 3 is 2.44 bits per heavy atom. The van der Waals surface area contributed by atoms with Gasteiger partial charge in [0.2, 0.25) is 0 Å². The second-order valence-corrected chi connectivity index (χ2v) is 6.91. The van der Waals surface area contributed by atoms with Crippen molar-refractivity contribution in [2.24, 2.45) is 5.92 Å². The van der Waals surface area contributed by atoms with Gasteiger partial charge in [0.25, 0.3) is 0 Å². The summed E-state index contributed by atoms with van der Waals surface area (Å²) in [5.41, 5.74) is -0.900. The van der Waals surface area contributed by atoms with Gasteiger partial charge in [-0.2, -0.15) is 0 Å². The highest BCUT2D eigenvalue weighted by molar-refractivity contribution is 7.85. The standard InChI is InChI=1S/C13H24O4S/c1-2-3-4-9-18(17)10-13(16)7-5-11(6-8-13)12(14)15/h11,16H,2-10H2,1H3,(H,14,15). The van der Waals surface area contributed by atoms with Crippen molar-refractivity contribution in [3.8, 4) is 0 Å². The van der Waals surface area contributed by atoms with Gasteiger partial charge in [-0.1, -0.05) is 19.8 Å². The zero-order chi connectivity index (χ0) is 13.6. The predicted molar refractivity (Wildman–Crippen MR) is 71.9 cm³/mol. The van der Waals surface area contributed by atoms with Crippen LogP contribution in [0.25, 0.3) is 0 Å². The van der Waals surface area contributed by atoms with Crippen molar-refractivity contribution >= 4 is 16.8 Å². The largest absolute Gasteiger partial charge is 0.481 e. The monoisotopic (exact) mass is 276 g/mol. The fourth-order valence-electron chi connectivity index (χ4n) is 2.43. The minimum absolute atomic E-state index is 0.309. The molecule has 1 rings (SSSR count). The fraction of sp³-hybridized carbons (Fsp3) is 0.923. The Morgan fingerprint density at radius 2 is 1.94 bits per heavy atom. The van der Waals surface area contributed by atoms with Crippen LogP contribution in [0.2, 0.25) is 0 Å². The Morgan fingerprint density at radius 1 is 1.33 bits per heavy atom. The van der Waals surface area contributed by atoms with Crippen molar-refractivity contribution in [3.05, 3.63) is 0 Å². The number of aliphatic carboxylic acids is 1. The topological polar surface area (TPSA) is 74.6 Å². The SMILES string of the molecule is CCCCCS(=O)CC1(O)CCC(C(=O)O)CC1. The average Bonchev–Trinajstić information content (AvgIpc) is 2.29. The van der Waals surface area contributed by atoms with E-state index in [4.69, 9.17) is 5.11 Å².